The summed E-state index contributed by atoms with van der Waals surface area (Å²) in [6.07, 6.45) is 6.97. The number of benzene rings is 2. The SMILES string of the molecule is CC12CC3CC(N)C(=Cc4ccccc4)CC3CN1CCc1c2[nH]c2ccccc12. The number of H-pyrrole nitrogens is 1. The number of nitrogens with one attached hydrogen (secondary N) is 1. The van der Waals surface area contributed by atoms with Crippen LogP contribution in [-0.4, -0.2) is 29.0 Å². The smallest absolute Gasteiger partial charge is 0.0589 e. The van der Waals surface area contributed by atoms with Gasteiger partial charge in [-0.3, -0.25) is 4.90 Å². The van der Waals surface area contributed by atoms with Crippen LogP contribution in [0, 0.1) is 11.8 Å². The van der Waals surface area contributed by atoms with Gasteiger partial charge in [-0.25, -0.2) is 0 Å². The molecule has 0 amide bonds. The van der Waals surface area contributed by atoms with Crippen molar-refractivity contribution >= 4 is 17.0 Å². The number of aromatic amines is 1. The van der Waals surface area contributed by atoms with E-state index in [0.717, 1.165) is 25.2 Å². The summed E-state index contributed by atoms with van der Waals surface area (Å²) in [7, 11) is 0. The second-order valence-corrected chi connectivity index (χ2v) is 9.89. The zero-order valence-electron chi connectivity index (χ0n) is 17.8. The van der Waals surface area contributed by atoms with Crippen LogP contribution in [0.15, 0.2) is 60.2 Å². The van der Waals surface area contributed by atoms with Crippen LogP contribution in [0.25, 0.3) is 17.0 Å². The van der Waals surface area contributed by atoms with E-state index < -0.39 is 0 Å². The molecular weight excluding hydrogens is 366 g/mol. The maximum Gasteiger partial charge on any atom is 0.0589 e. The molecule has 1 aromatic heterocycles. The van der Waals surface area contributed by atoms with Gasteiger partial charge in [-0.2, -0.15) is 0 Å². The molecule has 3 aromatic rings. The van der Waals surface area contributed by atoms with E-state index in [-0.39, 0.29) is 11.6 Å². The van der Waals surface area contributed by atoms with Crippen LogP contribution in [0.5, 0.6) is 0 Å². The molecule has 4 atom stereocenters. The molecule has 3 aliphatic rings. The molecule has 0 bridgehead atoms. The molecule has 2 aliphatic heterocycles. The fraction of sp³-hybridized carbons (Fsp3) is 0.407. The summed E-state index contributed by atoms with van der Waals surface area (Å²) < 4.78 is 0. The number of hydrogen-bond acceptors (Lipinski definition) is 2. The third-order valence-corrected chi connectivity index (χ3v) is 8.15. The number of aromatic nitrogens is 1. The average molecular weight is 398 g/mol. The lowest BCUT2D eigenvalue weighted by Crippen LogP contribution is -2.58. The lowest BCUT2D eigenvalue weighted by atomic mass is 9.64. The largest absolute Gasteiger partial charge is 0.357 e. The first kappa shape index (κ1) is 18.4. The Morgan fingerprint density at radius 1 is 1.07 bits per heavy atom. The van der Waals surface area contributed by atoms with E-state index in [2.05, 4.69) is 77.5 Å². The quantitative estimate of drug-likeness (QED) is 0.601. The summed E-state index contributed by atoms with van der Waals surface area (Å²) in [5.41, 5.74) is 13.8. The van der Waals surface area contributed by atoms with Gasteiger partial charge in [0.05, 0.1) is 5.54 Å². The molecule has 3 heteroatoms. The Bertz CT molecular complexity index is 1110. The lowest BCUT2D eigenvalue weighted by Gasteiger charge is -2.55. The summed E-state index contributed by atoms with van der Waals surface area (Å²) in [5, 5.41) is 1.42. The van der Waals surface area contributed by atoms with E-state index in [0.29, 0.717) is 5.92 Å². The van der Waals surface area contributed by atoms with Gasteiger partial charge >= 0.3 is 0 Å². The molecule has 3 heterocycles. The van der Waals surface area contributed by atoms with Crippen LogP contribution in [-0.2, 0) is 12.0 Å². The van der Waals surface area contributed by atoms with Gasteiger partial charge in [-0.1, -0.05) is 60.2 Å². The minimum Gasteiger partial charge on any atom is -0.357 e. The van der Waals surface area contributed by atoms with E-state index >= 15 is 0 Å². The van der Waals surface area contributed by atoms with Crippen molar-refractivity contribution in [1.82, 2.24) is 9.88 Å². The standard InChI is InChI=1S/C27H31N3/c1-27-16-20-15-24(28)19(13-18-7-3-2-4-8-18)14-21(20)17-30(27)12-11-23-22-9-5-6-10-25(22)29-26(23)27/h2-10,13,20-21,24,29H,11-12,14-17,28H2,1H3. The maximum atomic E-state index is 6.71. The molecule has 1 aliphatic carbocycles. The van der Waals surface area contributed by atoms with Crippen molar-refractivity contribution in [2.45, 2.75) is 44.2 Å². The number of para-hydroxylation sites is 1. The summed E-state index contributed by atoms with van der Waals surface area (Å²) in [4.78, 5) is 6.59. The van der Waals surface area contributed by atoms with Crippen molar-refractivity contribution in [2.75, 3.05) is 13.1 Å². The molecule has 3 N–H and O–H groups in total. The summed E-state index contributed by atoms with van der Waals surface area (Å²) in [5.74, 6) is 1.42. The zero-order valence-corrected chi connectivity index (χ0v) is 17.8. The second-order valence-electron chi connectivity index (χ2n) is 9.89. The monoisotopic (exact) mass is 397 g/mol. The Morgan fingerprint density at radius 3 is 2.73 bits per heavy atom. The van der Waals surface area contributed by atoms with Gasteiger partial charge in [0.1, 0.15) is 0 Å². The van der Waals surface area contributed by atoms with Gasteiger partial charge in [0, 0.05) is 35.7 Å². The van der Waals surface area contributed by atoms with Crippen LogP contribution in [0.4, 0.5) is 0 Å². The summed E-state index contributed by atoms with van der Waals surface area (Å²) in [6.45, 7) is 4.82. The lowest BCUT2D eigenvalue weighted by molar-refractivity contribution is -0.0264. The van der Waals surface area contributed by atoms with E-state index in [9.17, 15) is 0 Å². The van der Waals surface area contributed by atoms with Crippen molar-refractivity contribution in [2.24, 2.45) is 17.6 Å². The van der Waals surface area contributed by atoms with Gasteiger partial charge in [-0.15, -0.1) is 0 Å². The van der Waals surface area contributed by atoms with Gasteiger partial charge in [0.2, 0.25) is 0 Å². The Kier molecular flexibility index (Phi) is 4.19. The van der Waals surface area contributed by atoms with Gasteiger partial charge in [-0.05, 0) is 61.6 Å². The number of hydrogen-bond donors (Lipinski definition) is 2. The molecule has 6 rings (SSSR count). The number of fused-ring (bicyclic) bond motifs is 6. The molecule has 1 saturated carbocycles. The Balaban J connectivity index is 1.32. The Hall–Kier alpha value is -2.36. The minimum absolute atomic E-state index is 0.105. The van der Waals surface area contributed by atoms with Crippen molar-refractivity contribution in [1.29, 1.82) is 0 Å². The van der Waals surface area contributed by atoms with E-state index in [1.807, 2.05) is 0 Å². The number of piperidine rings is 1. The normalized spacial score (nSPS) is 32.6. The first-order valence-electron chi connectivity index (χ1n) is 11.5. The third-order valence-electron chi connectivity index (χ3n) is 8.15. The fourth-order valence-electron chi connectivity index (χ4n) is 6.57. The average Bonchev–Trinajstić information content (AvgIpc) is 3.14. The van der Waals surface area contributed by atoms with E-state index in [1.54, 1.807) is 5.56 Å². The summed E-state index contributed by atoms with van der Waals surface area (Å²) in [6, 6.07) is 19.7. The second kappa shape index (κ2) is 6.83. The van der Waals surface area contributed by atoms with Crippen molar-refractivity contribution in [3.63, 3.8) is 0 Å². The minimum atomic E-state index is 0.105. The van der Waals surface area contributed by atoms with Crippen LogP contribution in [0.1, 0.15) is 43.0 Å². The van der Waals surface area contributed by atoms with Crippen LogP contribution >= 0.6 is 0 Å². The first-order valence-corrected chi connectivity index (χ1v) is 11.5. The molecule has 3 nitrogen and oxygen atoms in total. The number of nitrogens with zero attached hydrogens (tertiary/aromatic N) is 1. The third kappa shape index (κ3) is 2.79. The Morgan fingerprint density at radius 2 is 1.87 bits per heavy atom. The van der Waals surface area contributed by atoms with E-state index in [4.69, 9.17) is 5.73 Å². The van der Waals surface area contributed by atoms with E-state index in [1.165, 1.54) is 47.2 Å². The molecule has 0 spiro atoms. The first-order chi connectivity index (χ1) is 14.6. The van der Waals surface area contributed by atoms with Crippen LogP contribution < -0.4 is 5.73 Å². The van der Waals surface area contributed by atoms with Crippen molar-refractivity contribution in [3.8, 4) is 0 Å². The molecule has 154 valence electrons. The number of nitrogens with two attached hydrogens (primary N) is 1. The highest BCUT2D eigenvalue weighted by molar-refractivity contribution is 5.85. The highest BCUT2D eigenvalue weighted by Crippen LogP contribution is 2.51. The Labute approximate surface area is 179 Å². The van der Waals surface area contributed by atoms with Crippen molar-refractivity contribution < 1.29 is 0 Å². The van der Waals surface area contributed by atoms with Gasteiger partial charge < -0.3 is 10.7 Å². The highest BCUT2D eigenvalue weighted by atomic mass is 15.2. The van der Waals surface area contributed by atoms with Crippen molar-refractivity contribution in [3.05, 3.63) is 77.0 Å². The molecule has 30 heavy (non-hydrogen) atoms. The summed E-state index contributed by atoms with van der Waals surface area (Å²) >= 11 is 0. The molecule has 2 fully saturated rings. The maximum absolute atomic E-state index is 6.71. The molecule has 4 unspecified atom stereocenters. The van der Waals surface area contributed by atoms with Crippen LogP contribution in [0.3, 0.4) is 0 Å². The molecule has 2 aromatic carbocycles. The topological polar surface area (TPSA) is 45.0 Å². The molecular formula is C27H31N3. The fourth-order valence-corrected chi connectivity index (χ4v) is 6.57. The zero-order chi connectivity index (χ0) is 20.3. The predicted molar refractivity (Wildman–Crippen MR) is 124 cm³/mol. The van der Waals surface area contributed by atoms with Gasteiger partial charge in [0.15, 0.2) is 0 Å². The number of rotatable bonds is 1. The van der Waals surface area contributed by atoms with Gasteiger partial charge in [0.25, 0.3) is 0 Å². The van der Waals surface area contributed by atoms with Crippen LogP contribution in [0.2, 0.25) is 0 Å². The molecule has 0 radical (unpaired) electrons. The predicted octanol–water partition coefficient (Wildman–Crippen LogP) is 5.08. The highest BCUT2D eigenvalue weighted by Gasteiger charge is 2.49. The molecule has 1 saturated heterocycles.